The molecule has 0 atom stereocenters. The van der Waals surface area contributed by atoms with Gasteiger partial charge in [0, 0.05) is 50.3 Å². The normalized spacial score (nSPS) is 18.0. The van der Waals surface area contributed by atoms with Crippen molar-refractivity contribution in [2.45, 2.75) is 45.1 Å². The maximum Gasteiger partial charge on any atom is 0.246 e. The molecule has 1 N–H and O–H groups in total. The van der Waals surface area contributed by atoms with Crippen LogP contribution in [0.25, 0.3) is 6.08 Å². The highest BCUT2D eigenvalue weighted by atomic mass is 32.1. The van der Waals surface area contributed by atoms with E-state index in [0.29, 0.717) is 30.2 Å². The van der Waals surface area contributed by atoms with Crippen molar-refractivity contribution in [3.8, 4) is 0 Å². The maximum absolute atomic E-state index is 12.6. The highest BCUT2D eigenvalue weighted by molar-refractivity contribution is 7.71. The number of carbonyl (C=O) groups is 2. The van der Waals surface area contributed by atoms with Gasteiger partial charge in [0.1, 0.15) is 5.82 Å². The van der Waals surface area contributed by atoms with Crippen LogP contribution >= 0.6 is 12.2 Å². The third kappa shape index (κ3) is 4.23. The Bertz CT molecular complexity index is 999. The molecule has 4 rings (SSSR count). The van der Waals surface area contributed by atoms with Crippen molar-refractivity contribution < 1.29 is 9.59 Å². The highest BCUT2D eigenvalue weighted by Crippen LogP contribution is 2.27. The van der Waals surface area contributed by atoms with Crippen molar-refractivity contribution in [2.24, 2.45) is 0 Å². The Labute approximate surface area is 181 Å². The number of amides is 2. The van der Waals surface area contributed by atoms with Crippen molar-refractivity contribution in [3.63, 3.8) is 0 Å². The molecular formula is C22H27N5O2S. The van der Waals surface area contributed by atoms with Gasteiger partial charge in [-0.2, -0.15) is 5.10 Å². The van der Waals surface area contributed by atoms with Crippen molar-refractivity contribution in [1.82, 2.24) is 19.7 Å². The summed E-state index contributed by atoms with van der Waals surface area (Å²) in [6.07, 6.45) is 6.79. The number of piperidine rings is 1. The minimum atomic E-state index is 0.0293. The number of nitrogens with one attached hydrogen (secondary N) is 1. The Morgan fingerprint density at radius 2 is 1.97 bits per heavy atom. The van der Waals surface area contributed by atoms with Gasteiger partial charge >= 0.3 is 0 Å². The second-order valence-electron chi connectivity index (χ2n) is 7.80. The number of hydrogen-bond acceptors (Lipinski definition) is 4. The fourth-order valence-corrected chi connectivity index (χ4v) is 4.53. The lowest BCUT2D eigenvalue weighted by Gasteiger charge is -2.31. The largest absolute Gasteiger partial charge is 0.339 e. The van der Waals surface area contributed by atoms with Gasteiger partial charge in [0.05, 0.1) is 0 Å². The van der Waals surface area contributed by atoms with Crippen LogP contribution in [0.15, 0.2) is 30.3 Å². The van der Waals surface area contributed by atoms with Crippen molar-refractivity contribution >= 4 is 35.8 Å². The van der Waals surface area contributed by atoms with Crippen molar-refractivity contribution in [3.05, 3.63) is 46.5 Å². The molecule has 0 unspecified atom stereocenters. The molecule has 0 saturated carbocycles. The van der Waals surface area contributed by atoms with E-state index in [0.717, 1.165) is 49.4 Å². The molecule has 0 aliphatic carbocycles. The van der Waals surface area contributed by atoms with Crippen LogP contribution in [0, 0.1) is 4.77 Å². The summed E-state index contributed by atoms with van der Waals surface area (Å²) in [5.74, 6) is 1.54. The topological polar surface area (TPSA) is 74.2 Å². The second-order valence-corrected chi connectivity index (χ2v) is 8.19. The van der Waals surface area contributed by atoms with E-state index >= 15 is 0 Å². The molecule has 7 nitrogen and oxygen atoms in total. The lowest BCUT2D eigenvalue weighted by atomic mass is 9.96. The molecular weight excluding hydrogens is 398 g/mol. The minimum absolute atomic E-state index is 0.0293. The van der Waals surface area contributed by atoms with E-state index in [1.54, 1.807) is 6.08 Å². The minimum Gasteiger partial charge on any atom is -0.339 e. The number of nitrogens with zero attached hydrogens (tertiary/aromatic N) is 4. The third-order valence-corrected chi connectivity index (χ3v) is 6.28. The van der Waals surface area contributed by atoms with E-state index in [2.05, 4.69) is 17.1 Å². The molecule has 0 spiro atoms. The van der Waals surface area contributed by atoms with Gasteiger partial charge in [-0.25, -0.2) is 0 Å². The molecule has 1 aromatic heterocycles. The van der Waals surface area contributed by atoms with Crippen LogP contribution in [0.5, 0.6) is 0 Å². The molecule has 2 amide bonds. The molecule has 2 aliphatic rings. The first kappa shape index (κ1) is 20.5. The van der Waals surface area contributed by atoms with E-state index in [-0.39, 0.29) is 11.8 Å². The van der Waals surface area contributed by atoms with Crippen molar-refractivity contribution in [2.75, 3.05) is 24.5 Å². The summed E-state index contributed by atoms with van der Waals surface area (Å²) in [5.41, 5.74) is 1.88. The molecule has 0 radical (unpaired) electrons. The zero-order chi connectivity index (χ0) is 21.1. The first-order valence-corrected chi connectivity index (χ1v) is 11.0. The number of aromatic amines is 1. The quantitative estimate of drug-likeness (QED) is 0.588. The summed E-state index contributed by atoms with van der Waals surface area (Å²) in [5, 5.41) is 7.28. The molecule has 3 heterocycles. The molecule has 30 heavy (non-hydrogen) atoms. The Morgan fingerprint density at radius 3 is 2.60 bits per heavy atom. The summed E-state index contributed by atoms with van der Waals surface area (Å²) >= 11 is 5.28. The van der Waals surface area contributed by atoms with Gasteiger partial charge in [0.15, 0.2) is 4.77 Å². The Balaban J connectivity index is 1.33. The number of likely N-dealkylation sites (tertiary alicyclic amines) is 1. The zero-order valence-electron chi connectivity index (χ0n) is 17.2. The van der Waals surface area contributed by atoms with Crippen LogP contribution in [-0.2, 0) is 16.1 Å². The fraction of sp³-hybridized carbons (Fsp3) is 0.455. The zero-order valence-corrected chi connectivity index (χ0v) is 18.0. The summed E-state index contributed by atoms with van der Waals surface area (Å²) in [6.45, 7) is 5.08. The molecule has 2 aliphatic heterocycles. The summed E-state index contributed by atoms with van der Waals surface area (Å²) in [7, 11) is 0. The molecule has 8 heteroatoms. The number of anilines is 1. The van der Waals surface area contributed by atoms with Gasteiger partial charge < -0.3 is 14.4 Å². The van der Waals surface area contributed by atoms with Crippen molar-refractivity contribution in [1.29, 1.82) is 0 Å². The summed E-state index contributed by atoms with van der Waals surface area (Å²) < 4.78 is 2.70. The lowest BCUT2D eigenvalue weighted by Crippen LogP contribution is -2.37. The Hall–Kier alpha value is -2.74. The van der Waals surface area contributed by atoms with Gasteiger partial charge in [0.25, 0.3) is 0 Å². The Morgan fingerprint density at radius 1 is 1.23 bits per heavy atom. The van der Waals surface area contributed by atoms with Gasteiger partial charge in [0.2, 0.25) is 11.8 Å². The van der Waals surface area contributed by atoms with Gasteiger partial charge in [-0.15, -0.1) is 0 Å². The number of carbonyl (C=O) groups excluding carboxylic acids is 2. The van der Waals surface area contributed by atoms with Gasteiger partial charge in [-0.05, 0) is 62.2 Å². The number of H-pyrrole nitrogens is 1. The van der Waals surface area contributed by atoms with E-state index in [1.807, 2.05) is 44.7 Å². The van der Waals surface area contributed by atoms with Crippen LogP contribution in [0.4, 0.5) is 5.69 Å². The van der Waals surface area contributed by atoms with E-state index < -0.39 is 0 Å². The average molecular weight is 426 g/mol. The molecule has 2 fully saturated rings. The van der Waals surface area contributed by atoms with E-state index in [9.17, 15) is 9.59 Å². The predicted molar refractivity (Wildman–Crippen MR) is 119 cm³/mol. The number of aromatic nitrogens is 3. The first-order chi connectivity index (χ1) is 14.6. The monoisotopic (exact) mass is 425 g/mol. The van der Waals surface area contributed by atoms with Crippen LogP contribution in [0.1, 0.15) is 49.9 Å². The Kier molecular flexibility index (Phi) is 6.13. The lowest BCUT2D eigenvalue weighted by molar-refractivity contribution is -0.127. The highest BCUT2D eigenvalue weighted by Gasteiger charge is 2.26. The molecule has 2 aromatic rings. The molecule has 1 aromatic carbocycles. The predicted octanol–water partition coefficient (Wildman–Crippen LogP) is 3.51. The van der Waals surface area contributed by atoms with Gasteiger partial charge in [-0.1, -0.05) is 12.1 Å². The van der Waals surface area contributed by atoms with Gasteiger partial charge in [-0.3, -0.25) is 14.7 Å². The molecule has 2 saturated heterocycles. The van der Waals surface area contributed by atoms with Crippen LogP contribution in [0.3, 0.4) is 0 Å². The average Bonchev–Trinajstić information content (AvgIpc) is 3.37. The number of benzene rings is 1. The number of hydrogen-bond donors (Lipinski definition) is 1. The fourth-order valence-electron chi connectivity index (χ4n) is 4.26. The number of rotatable bonds is 5. The van der Waals surface area contributed by atoms with Crippen LogP contribution < -0.4 is 4.90 Å². The van der Waals surface area contributed by atoms with E-state index in [4.69, 9.17) is 12.2 Å². The molecule has 0 bridgehead atoms. The van der Waals surface area contributed by atoms with Crippen LogP contribution in [-0.4, -0.2) is 51.1 Å². The summed E-state index contributed by atoms with van der Waals surface area (Å²) in [4.78, 5) is 28.2. The summed E-state index contributed by atoms with van der Waals surface area (Å²) in [6, 6.07) is 7.78. The standard InChI is InChI=1S/C22H27N5O2S/c1-2-26-21(23-24-22(26)30)17-11-14-25(15-12-17)19(28)10-7-16-5-8-18(9-6-16)27-13-3-4-20(27)29/h5-10,17H,2-4,11-15H2,1H3,(H,24,30)/b10-7+. The van der Waals surface area contributed by atoms with E-state index in [1.165, 1.54) is 0 Å². The molecule has 158 valence electrons. The second kappa shape index (κ2) is 8.95. The van der Waals surface area contributed by atoms with Crippen LogP contribution in [0.2, 0.25) is 0 Å². The SMILES string of the molecule is CCn1c(C2CCN(C(=O)/C=C/c3ccc(N4CCCC4=O)cc3)CC2)n[nH]c1=S. The smallest absolute Gasteiger partial charge is 0.246 e. The third-order valence-electron chi connectivity index (χ3n) is 5.97. The first-order valence-electron chi connectivity index (χ1n) is 10.6. The maximum atomic E-state index is 12.6.